The number of nitrogens with zero attached hydrogens (tertiary/aromatic N) is 2. The molecule has 5 nitrogen and oxygen atoms in total. The number of aryl methyl sites for hydroxylation is 1. The van der Waals surface area contributed by atoms with Crippen LogP contribution in [0.5, 0.6) is 0 Å². The second-order valence-corrected chi connectivity index (χ2v) is 5.22. The Morgan fingerprint density at radius 3 is 2.48 bits per heavy atom. The lowest BCUT2D eigenvalue weighted by Crippen LogP contribution is -2.37. The van der Waals surface area contributed by atoms with Gasteiger partial charge in [-0.15, -0.1) is 0 Å². The van der Waals surface area contributed by atoms with Gasteiger partial charge >= 0.3 is 6.03 Å². The lowest BCUT2D eigenvalue weighted by atomic mass is 10.2. The van der Waals surface area contributed by atoms with Gasteiger partial charge in [-0.2, -0.15) is 0 Å². The first-order valence-electron chi connectivity index (χ1n) is 6.95. The van der Waals surface area contributed by atoms with Crippen molar-refractivity contribution in [3.8, 4) is 0 Å². The number of amides is 2. The van der Waals surface area contributed by atoms with E-state index < -0.39 is 0 Å². The first-order valence-corrected chi connectivity index (χ1v) is 6.95. The smallest absolute Gasteiger partial charge is 0.319 e. The maximum absolute atomic E-state index is 11.9. The second-order valence-electron chi connectivity index (χ2n) is 5.22. The highest BCUT2D eigenvalue weighted by Gasteiger charge is 2.17. The maximum Gasteiger partial charge on any atom is 0.319 e. The quantitative estimate of drug-likeness (QED) is 0.887. The molecule has 21 heavy (non-hydrogen) atoms. The van der Waals surface area contributed by atoms with E-state index in [0.717, 1.165) is 5.69 Å². The predicted molar refractivity (Wildman–Crippen MR) is 85.3 cm³/mol. The van der Waals surface area contributed by atoms with E-state index in [2.05, 4.69) is 26.2 Å². The van der Waals surface area contributed by atoms with E-state index in [-0.39, 0.29) is 12.1 Å². The summed E-state index contributed by atoms with van der Waals surface area (Å²) in [5, 5.41) is 5.74. The molecule has 0 saturated heterocycles. The Morgan fingerprint density at radius 2 is 1.90 bits per heavy atom. The van der Waals surface area contributed by atoms with Gasteiger partial charge in [0.2, 0.25) is 0 Å². The summed E-state index contributed by atoms with van der Waals surface area (Å²) in [7, 11) is 6.03. The van der Waals surface area contributed by atoms with Gasteiger partial charge in [0.25, 0.3) is 0 Å². The normalized spacial score (nSPS) is 12.2. The van der Waals surface area contributed by atoms with Crippen molar-refractivity contribution in [3.63, 3.8) is 0 Å². The Morgan fingerprint density at radius 1 is 1.19 bits per heavy atom. The van der Waals surface area contributed by atoms with E-state index in [9.17, 15) is 4.79 Å². The van der Waals surface area contributed by atoms with Crippen LogP contribution in [0.2, 0.25) is 0 Å². The van der Waals surface area contributed by atoms with Gasteiger partial charge in [-0.1, -0.05) is 18.2 Å². The minimum atomic E-state index is -0.192. The number of aromatic nitrogens is 1. The average Bonchev–Trinajstić information content (AvgIpc) is 2.86. The van der Waals surface area contributed by atoms with Crippen LogP contribution < -0.4 is 10.6 Å². The van der Waals surface area contributed by atoms with Crippen molar-refractivity contribution >= 4 is 11.7 Å². The number of carbonyl (C=O) groups is 1. The molecule has 0 aliphatic rings. The topological polar surface area (TPSA) is 49.3 Å². The van der Waals surface area contributed by atoms with E-state index in [1.165, 1.54) is 5.69 Å². The van der Waals surface area contributed by atoms with Crippen LogP contribution in [0.25, 0.3) is 0 Å². The highest BCUT2D eigenvalue weighted by molar-refractivity contribution is 5.89. The van der Waals surface area contributed by atoms with Crippen LogP contribution in [0.15, 0.2) is 48.7 Å². The van der Waals surface area contributed by atoms with Crippen molar-refractivity contribution in [2.45, 2.75) is 6.04 Å². The molecular weight excluding hydrogens is 264 g/mol. The lowest BCUT2D eigenvalue weighted by molar-refractivity contribution is 0.241. The minimum Gasteiger partial charge on any atom is -0.353 e. The molecule has 1 aromatic carbocycles. The minimum absolute atomic E-state index is 0.131. The van der Waals surface area contributed by atoms with Gasteiger partial charge in [0.15, 0.2) is 0 Å². The van der Waals surface area contributed by atoms with Crippen molar-refractivity contribution in [1.29, 1.82) is 0 Å². The van der Waals surface area contributed by atoms with Gasteiger partial charge in [0, 0.05) is 31.2 Å². The molecule has 112 valence electrons. The zero-order chi connectivity index (χ0) is 15.2. The van der Waals surface area contributed by atoms with Gasteiger partial charge < -0.3 is 15.2 Å². The molecule has 2 N–H and O–H groups in total. The Kier molecular flexibility index (Phi) is 5.00. The summed E-state index contributed by atoms with van der Waals surface area (Å²) in [5.74, 6) is 0. The van der Waals surface area contributed by atoms with Crippen LogP contribution in [-0.4, -0.2) is 36.1 Å². The van der Waals surface area contributed by atoms with Gasteiger partial charge in [-0.3, -0.25) is 4.90 Å². The monoisotopic (exact) mass is 286 g/mol. The number of hydrogen-bond acceptors (Lipinski definition) is 2. The standard InChI is InChI=1S/C16H22N4O/c1-19(2)15(14-10-7-11-20(14)3)12-17-16(21)18-13-8-5-4-6-9-13/h4-11,15H,12H2,1-3H3,(H2,17,18,21). The number of para-hydroxylation sites is 1. The highest BCUT2D eigenvalue weighted by Crippen LogP contribution is 2.17. The molecule has 2 rings (SSSR count). The Bertz CT molecular complexity index is 577. The van der Waals surface area contributed by atoms with Crippen molar-refractivity contribution in [3.05, 3.63) is 54.4 Å². The fourth-order valence-electron chi connectivity index (χ4n) is 2.26. The molecule has 1 aromatic heterocycles. The number of anilines is 1. The fraction of sp³-hybridized carbons (Fsp3) is 0.312. The van der Waals surface area contributed by atoms with Crippen LogP contribution in [0.4, 0.5) is 10.5 Å². The molecule has 1 unspecified atom stereocenters. The summed E-state index contributed by atoms with van der Waals surface area (Å²) in [6, 6.07) is 13.4. The summed E-state index contributed by atoms with van der Waals surface area (Å²) in [6.45, 7) is 0.545. The second kappa shape index (κ2) is 6.95. The zero-order valence-corrected chi connectivity index (χ0v) is 12.7. The number of rotatable bonds is 5. The lowest BCUT2D eigenvalue weighted by Gasteiger charge is -2.25. The van der Waals surface area contributed by atoms with E-state index in [1.807, 2.05) is 63.7 Å². The van der Waals surface area contributed by atoms with Gasteiger partial charge in [-0.25, -0.2) is 4.79 Å². The van der Waals surface area contributed by atoms with Gasteiger partial charge in [0.1, 0.15) is 0 Å². The van der Waals surface area contributed by atoms with Crippen LogP contribution in [0.1, 0.15) is 11.7 Å². The maximum atomic E-state index is 11.9. The largest absolute Gasteiger partial charge is 0.353 e. The van der Waals surface area contributed by atoms with E-state index in [4.69, 9.17) is 0 Å². The molecule has 2 aromatic rings. The van der Waals surface area contributed by atoms with Crippen molar-refractivity contribution in [1.82, 2.24) is 14.8 Å². The molecule has 0 saturated carbocycles. The number of hydrogen-bond donors (Lipinski definition) is 2. The third-order valence-electron chi connectivity index (χ3n) is 3.44. The fourth-order valence-corrected chi connectivity index (χ4v) is 2.26. The van der Waals surface area contributed by atoms with Crippen molar-refractivity contribution in [2.75, 3.05) is 26.0 Å². The summed E-state index contributed by atoms with van der Waals surface area (Å²) in [4.78, 5) is 14.0. The zero-order valence-electron chi connectivity index (χ0n) is 12.7. The van der Waals surface area contributed by atoms with E-state index in [1.54, 1.807) is 0 Å². The number of carbonyl (C=O) groups excluding carboxylic acids is 1. The summed E-state index contributed by atoms with van der Waals surface area (Å²) < 4.78 is 2.07. The van der Waals surface area contributed by atoms with Gasteiger partial charge in [-0.05, 0) is 38.4 Å². The summed E-state index contributed by atoms with van der Waals surface area (Å²) in [6.07, 6.45) is 2.01. The Labute approximate surface area is 125 Å². The van der Waals surface area contributed by atoms with Crippen molar-refractivity contribution in [2.24, 2.45) is 7.05 Å². The number of likely N-dealkylation sites (N-methyl/N-ethyl adjacent to an activating group) is 1. The molecule has 1 atom stereocenters. The van der Waals surface area contributed by atoms with Crippen LogP contribution in [0, 0.1) is 0 Å². The first-order chi connectivity index (χ1) is 10.1. The summed E-state index contributed by atoms with van der Waals surface area (Å²) >= 11 is 0. The molecule has 5 heteroatoms. The molecule has 0 aliphatic carbocycles. The molecule has 0 bridgehead atoms. The number of nitrogens with one attached hydrogen (secondary N) is 2. The SMILES string of the molecule is CN(C)C(CNC(=O)Nc1ccccc1)c1cccn1C. The van der Waals surface area contributed by atoms with Crippen LogP contribution >= 0.6 is 0 Å². The van der Waals surface area contributed by atoms with E-state index in [0.29, 0.717) is 6.54 Å². The highest BCUT2D eigenvalue weighted by atomic mass is 16.2. The third-order valence-corrected chi connectivity index (χ3v) is 3.44. The molecule has 0 radical (unpaired) electrons. The van der Waals surface area contributed by atoms with Gasteiger partial charge in [0.05, 0.1) is 6.04 Å². The molecular formula is C16H22N4O. The first kappa shape index (κ1) is 15.1. The molecule has 0 spiro atoms. The van der Waals surface area contributed by atoms with Crippen LogP contribution in [0.3, 0.4) is 0 Å². The third kappa shape index (κ3) is 4.10. The molecule has 1 heterocycles. The average molecular weight is 286 g/mol. The molecule has 2 amide bonds. The Balaban J connectivity index is 1.93. The predicted octanol–water partition coefficient (Wildman–Crippen LogP) is 2.45. The molecule has 0 fully saturated rings. The van der Waals surface area contributed by atoms with E-state index >= 15 is 0 Å². The Hall–Kier alpha value is -2.27. The molecule has 0 aliphatic heterocycles. The number of urea groups is 1. The summed E-state index contributed by atoms with van der Waals surface area (Å²) in [5.41, 5.74) is 1.95. The van der Waals surface area contributed by atoms with Crippen LogP contribution in [-0.2, 0) is 7.05 Å². The number of benzene rings is 1. The van der Waals surface area contributed by atoms with Crippen molar-refractivity contribution < 1.29 is 4.79 Å².